The second-order valence-electron chi connectivity index (χ2n) is 2.74. The molecule has 68 valence electrons. The molecule has 0 spiro atoms. The van der Waals surface area contributed by atoms with E-state index in [0.29, 0.717) is 19.3 Å². The van der Waals surface area contributed by atoms with Gasteiger partial charge < -0.3 is 4.79 Å². The van der Waals surface area contributed by atoms with Gasteiger partial charge in [0.05, 0.1) is 12.3 Å². The van der Waals surface area contributed by atoms with E-state index in [1.165, 1.54) is 4.31 Å². The van der Waals surface area contributed by atoms with E-state index >= 15 is 0 Å². The molecule has 5 heteroatoms. The van der Waals surface area contributed by atoms with Crippen molar-refractivity contribution >= 4 is 16.3 Å². The van der Waals surface area contributed by atoms with Gasteiger partial charge in [0.1, 0.15) is 6.29 Å². The van der Waals surface area contributed by atoms with Crippen molar-refractivity contribution in [2.45, 2.75) is 12.5 Å². The fraction of sp³-hybridized carbons (Fsp3) is 0.571. The van der Waals surface area contributed by atoms with Gasteiger partial charge >= 0.3 is 0 Å². The zero-order valence-corrected chi connectivity index (χ0v) is 7.62. The second-order valence-corrected chi connectivity index (χ2v) is 4.68. The molecule has 0 aromatic heterocycles. The van der Waals surface area contributed by atoms with Crippen molar-refractivity contribution in [2.24, 2.45) is 0 Å². The predicted octanol–water partition coefficient (Wildman–Crippen LogP) is -0.225. The van der Waals surface area contributed by atoms with E-state index in [-0.39, 0.29) is 0 Å². The molecule has 1 rings (SSSR count). The van der Waals surface area contributed by atoms with Gasteiger partial charge in [0.25, 0.3) is 0 Å². The van der Waals surface area contributed by atoms with Crippen molar-refractivity contribution in [1.82, 2.24) is 4.31 Å². The molecule has 0 aliphatic carbocycles. The van der Waals surface area contributed by atoms with Crippen LogP contribution in [0, 0.1) is 0 Å². The number of sulfonamides is 1. The van der Waals surface area contributed by atoms with E-state index in [2.05, 4.69) is 0 Å². The molecule has 0 amide bonds. The molecule has 4 nitrogen and oxygen atoms in total. The Hall–Kier alpha value is -0.680. The van der Waals surface area contributed by atoms with E-state index in [9.17, 15) is 13.2 Å². The molecular formula is C7H11NO3S. The summed E-state index contributed by atoms with van der Waals surface area (Å²) >= 11 is 0. The smallest absolute Gasteiger partial charge is 0.212 e. The highest BCUT2D eigenvalue weighted by Crippen LogP contribution is 2.12. The normalized spacial score (nSPS) is 25.6. The van der Waals surface area contributed by atoms with Crippen LogP contribution in [0.3, 0.4) is 0 Å². The lowest BCUT2D eigenvalue weighted by Crippen LogP contribution is -2.42. The van der Waals surface area contributed by atoms with Gasteiger partial charge in [-0.15, -0.1) is 0 Å². The molecule has 0 radical (unpaired) electrons. The van der Waals surface area contributed by atoms with Crippen molar-refractivity contribution in [3.05, 3.63) is 12.2 Å². The lowest BCUT2D eigenvalue weighted by molar-refractivity contribution is -0.111. The molecule has 0 bridgehead atoms. The van der Waals surface area contributed by atoms with Crippen LogP contribution in [-0.4, -0.2) is 37.9 Å². The Balaban J connectivity index is 2.89. The molecule has 12 heavy (non-hydrogen) atoms. The third-order valence-corrected chi connectivity index (χ3v) is 3.05. The van der Waals surface area contributed by atoms with Crippen LogP contribution in [0.15, 0.2) is 12.2 Å². The number of aldehydes is 1. The summed E-state index contributed by atoms with van der Waals surface area (Å²) in [6, 6.07) is -0.509. The number of carbonyl (C=O) groups excluding carboxylic acids is 1. The third-order valence-electron chi connectivity index (χ3n) is 1.78. The molecule has 1 heterocycles. The first-order chi connectivity index (χ1) is 5.55. The predicted molar refractivity (Wildman–Crippen MR) is 45.2 cm³/mol. The highest BCUT2D eigenvalue weighted by atomic mass is 32.2. The van der Waals surface area contributed by atoms with Crippen LogP contribution in [0.4, 0.5) is 0 Å². The molecule has 0 fully saturated rings. The van der Waals surface area contributed by atoms with Crippen LogP contribution in [0.5, 0.6) is 0 Å². The Kier molecular flexibility index (Phi) is 2.64. The molecule has 1 atom stereocenters. The largest absolute Gasteiger partial charge is 0.302 e. The Morgan fingerprint density at radius 2 is 2.17 bits per heavy atom. The quantitative estimate of drug-likeness (QED) is 0.445. The van der Waals surface area contributed by atoms with Crippen LogP contribution in [0.1, 0.15) is 6.42 Å². The minimum Gasteiger partial charge on any atom is -0.302 e. The molecule has 0 saturated carbocycles. The van der Waals surface area contributed by atoms with Gasteiger partial charge in [-0.3, -0.25) is 0 Å². The average Bonchev–Trinajstić information content (AvgIpc) is 2.03. The summed E-state index contributed by atoms with van der Waals surface area (Å²) in [6.45, 7) is 0.308. The Morgan fingerprint density at radius 3 is 2.58 bits per heavy atom. The molecule has 0 aromatic carbocycles. The molecule has 0 N–H and O–H groups in total. The summed E-state index contributed by atoms with van der Waals surface area (Å²) in [5.74, 6) is 0. The lowest BCUT2D eigenvalue weighted by Gasteiger charge is -2.26. The summed E-state index contributed by atoms with van der Waals surface area (Å²) in [6.07, 6.45) is 5.84. The standard InChI is InChI=1S/C7H11NO3S/c1-12(10,11)8-5-3-2-4-7(8)6-9/h2-3,6-7H,4-5H2,1H3. The van der Waals surface area contributed by atoms with E-state index in [1.807, 2.05) is 6.08 Å². The zero-order chi connectivity index (χ0) is 9.19. The summed E-state index contributed by atoms with van der Waals surface area (Å²) < 4.78 is 23.4. The Bertz CT molecular complexity index is 294. The van der Waals surface area contributed by atoms with Crippen molar-refractivity contribution in [2.75, 3.05) is 12.8 Å². The fourth-order valence-electron chi connectivity index (χ4n) is 1.17. The number of carbonyl (C=O) groups is 1. The first kappa shape index (κ1) is 9.41. The minimum absolute atomic E-state index is 0.308. The molecule has 1 unspecified atom stereocenters. The first-order valence-electron chi connectivity index (χ1n) is 3.63. The van der Waals surface area contributed by atoms with Crippen molar-refractivity contribution in [3.8, 4) is 0 Å². The Morgan fingerprint density at radius 1 is 1.50 bits per heavy atom. The van der Waals surface area contributed by atoms with Gasteiger partial charge in [-0.05, 0) is 6.42 Å². The maximum absolute atomic E-state index is 11.1. The topological polar surface area (TPSA) is 54.5 Å². The van der Waals surface area contributed by atoms with Crippen LogP contribution >= 0.6 is 0 Å². The van der Waals surface area contributed by atoms with E-state index in [0.717, 1.165) is 6.26 Å². The summed E-state index contributed by atoms with van der Waals surface area (Å²) in [5.41, 5.74) is 0. The third kappa shape index (κ3) is 1.92. The number of hydrogen-bond acceptors (Lipinski definition) is 3. The summed E-state index contributed by atoms with van der Waals surface area (Å²) in [7, 11) is -3.24. The van der Waals surface area contributed by atoms with Crippen molar-refractivity contribution < 1.29 is 13.2 Å². The second kappa shape index (κ2) is 3.37. The zero-order valence-electron chi connectivity index (χ0n) is 6.80. The number of hydrogen-bond donors (Lipinski definition) is 0. The van der Waals surface area contributed by atoms with Crippen LogP contribution in [0.25, 0.3) is 0 Å². The van der Waals surface area contributed by atoms with E-state index < -0.39 is 16.1 Å². The van der Waals surface area contributed by atoms with Crippen LogP contribution < -0.4 is 0 Å². The van der Waals surface area contributed by atoms with E-state index in [1.54, 1.807) is 6.08 Å². The van der Waals surface area contributed by atoms with Crippen molar-refractivity contribution in [1.29, 1.82) is 0 Å². The molecule has 0 aromatic rings. The maximum atomic E-state index is 11.1. The molecule has 1 aliphatic heterocycles. The maximum Gasteiger partial charge on any atom is 0.212 e. The molecule has 1 aliphatic rings. The number of nitrogens with zero attached hydrogens (tertiary/aromatic N) is 1. The van der Waals surface area contributed by atoms with Gasteiger partial charge in [-0.1, -0.05) is 12.2 Å². The SMILES string of the molecule is CS(=O)(=O)N1CC=CCC1C=O. The summed E-state index contributed by atoms with van der Waals surface area (Å²) in [5, 5.41) is 0. The number of rotatable bonds is 2. The highest BCUT2D eigenvalue weighted by Gasteiger charge is 2.26. The van der Waals surface area contributed by atoms with Gasteiger partial charge in [0, 0.05) is 6.54 Å². The van der Waals surface area contributed by atoms with Crippen LogP contribution in [0.2, 0.25) is 0 Å². The first-order valence-corrected chi connectivity index (χ1v) is 5.47. The fourth-order valence-corrected chi connectivity index (χ4v) is 2.16. The van der Waals surface area contributed by atoms with Crippen molar-refractivity contribution in [3.63, 3.8) is 0 Å². The van der Waals surface area contributed by atoms with Gasteiger partial charge in [-0.25, -0.2) is 8.42 Å². The van der Waals surface area contributed by atoms with Crippen LogP contribution in [-0.2, 0) is 14.8 Å². The van der Waals surface area contributed by atoms with Gasteiger partial charge in [0.2, 0.25) is 10.0 Å². The summed E-state index contributed by atoms with van der Waals surface area (Å²) in [4.78, 5) is 10.5. The van der Waals surface area contributed by atoms with Gasteiger partial charge in [-0.2, -0.15) is 4.31 Å². The Labute approximate surface area is 71.9 Å². The molecule has 0 saturated heterocycles. The minimum atomic E-state index is -3.24. The van der Waals surface area contributed by atoms with E-state index in [4.69, 9.17) is 0 Å². The monoisotopic (exact) mass is 189 g/mol. The van der Waals surface area contributed by atoms with Gasteiger partial charge in [0.15, 0.2) is 0 Å². The average molecular weight is 189 g/mol. The lowest BCUT2D eigenvalue weighted by atomic mass is 10.2. The molecular weight excluding hydrogens is 178 g/mol. The highest BCUT2D eigenvalue weighted by molar-refractivity contribution is 7.88.